The van der Waals surface area contributed by atoms with E-state index in [2.05, 4.69) is 5.32 Å². The molecule has 0 spiro atoms. The van der Waals surface area contributed by atoms with Crippen molar-refractivity contribution in [1.82, 2.24) is 4.90 Å². The summed E-state index contributed by atoms with van der Waals surface area (Å²) in [4.78, 5) is 25.5. The minimum Gasteiger partial charge on any atom is -0.508 e. The van der Waals surface area contributed by atoms with Crippen molar-refractivity contribution in [2.75, 3.05) is 18.9 Å². The number of hydrogen-bond donors (Lipinski definition) is 2. The van der Waals surface area contributed by atoms with Gasteiger partial charge in [0.05, 0.1) is 6.54 Å². The van der Waals surface area contributed by atoms with Crippen LogP contribution in [0.1, 0.15) is 35.8 Å². The molecule has 2 aromatic rings. The predicted octanol–water partition coefficient (Wildman–Crippen LogP) is 3.23. The maximum absolute atomic E-state index is 12.2. The summed E-state index contributed by atoms with van der Waals surface area (Å²) in [5.41, 5.74) is 2.10. The quantitative estimate of drug-likeness (QED) is 0.800. The number of nitrogens with one attached hydrogen (secondary N) is 1. The maximum atomic E-state index is 12.2. The summed E-state index contributed by atoms with van der Waals surface area (Å²) in [5, 5.41) is 12.4. The molecule has 24 heavy (non-hydrogen) atoms. The average Bonchev–Trinajstić information content (AvgIpc) is 2.54. The molecule has 0 aliphatic carbocycles. The van der Waals surface area contributed by atoms with Gasteiger partial charge in [0.1, 0.15) is 5.75 Å². The highest BCUT2D eigenvalue weighted by molar-refractivity contribution is 5.97. The molecule has 5 nitrogen and oxygen atoms in total. The Morgan fingerprint density at radius 1 is 1.17 bits per heavy atom. The van der Waals surface area contributed by atoms with Gasteiger partial charge in [-0.1, -0.05) is 24.3 Å². The summed E-state index contributed by atoms with van der Waals surface area (Å²) in [6, 6.07) is 13.9. The van der Waals surface area contributed by atoms with E-state index in [1.54, 1.807) is 42.5 Å². The number of amides is 1. The number of phenolic OH excluding ortho intramolecular Hbond substituents is 1. The summed E-state index contributed by atoms with van der Waals surface area (Å²) < 4.78 is 0. The van der Waals surface area contributed by atoms with Crippen molar-refractivity contribution in [3.63, 3.8) is 0 Å². The molecule has 0 radical (unpaired) electrons. The van der Waals surface area contributed by atoms with Gasteiger partial charge in [-0.2, -0.15) is 0 Å². The highest BCUT2D eigenvalue weighted by atomic mass is 16.3. The van der Waals surface area contributed by atoms with Crippen LogP contribution in [-0.4, -0.2) is 35.3 Å². The van der Waals surface area contributed by atoms with Gasteiger partial charge in [0.15, 0.2) is 5.78 Å². The van der Waals surface area contributed by atoms with Crippen molar-refractivity contribution in [3.8, 4) is 5.75 Å². The van der Waals surface area contributed by atoms with Gasteiger partial charge in [-0.25, -0.2) is 0 Å². The average molecular weight is 326 g/mol. The molecule has 0 aliphatic heterocycles. The van der Waals surface area contributed by atoms with Crippen LogP contribution < -0.4 is 5.32 Å². The molecule has 0 aromatic heterocycles. The number of ketones is 1. The van der Waals surface area contributed by atoms with Crippen LogP contribution in [0.25, 0.3) is 0 Å². The first-order valence-electron chi connectivity index (χ1n) is 7.77. The Hall–Kier alpha value is -2.66. The van der Waals surface area contributed by atoms with Crippen LogP contribution in [0.5, 0.6) is 5.75 Å². The number of carbonyl (C=O) groups excluding carboxylic acids is 2. The number of Topliss-reactive ketones (excluding diaryl/α,β-unsaturated/α-hetero) is 1. The lowest BCUT2D eigenvalue weighted by Gasteiger charge is -2.24. The number of hydrogen-bond acceptors (Lipinski definition) is 4. The monoisotopic (exact) mass is 326 g/mol. The van der Waals surface area contributed by atoms with Crippen molar-refractivity contribution in [2.45, 2.75) is 19.9 Å². The van der Waals surface area contributed by atoms with Gasteiger partial charge >= 0.3 is 0 Å². The number of benzene rings is 2. The van der Waals surface area contributed by atoms with Gasteiger partial charge in [-0.3, -0.25) is 14.5 Å². The zero-order valence-corrected chi connectivity index (χ0v) is 14.1. The smallest absolute Gasteiger partial charge is 0.238 e. The molecule has 0 fully saturated rings. The van der Waals surface area contributed by atoms with Crippen LogP contribution in [0.2, 0.25) is 0 Å². The lowest BCUT2D eigenvalue weighted by atomic mass is 10.1. The molecule has 0 heterocycles. The number of nitrogens with zero attached hydrogens (tertiary/aromatic N) is 1. The summed E-state index contributed by atoms with van der Waals surface area (Å²) in [6.07, 6.45) is 0. The molecule has 0 bridgehead atoms. The molecule has 0 saturated heterocycles. The summed E-state index contributed by atoms with van der Waals surface area (Å²) in [7, 11) is 1.85. The fourth-order valence-electron chi connectivity index (χ4n) is 2.42. The Morgan fingerprint density at radius 2 is 1.88 bits per heavy atom. The second-order valence-electron chi connectivity index (χ2n) is 5.87. The van der Waals surface area contributed by atoms with Gasteiger partial charge in [0.25, 0.3) is 0 Å². The van der Waals surface area contributed by atoms with E-state index < -0.39 is 0 Å². The molecule has 2 rings (SSSR count). The zero-order valence-electron chi connectivity index (χ0n) is 14.1. The molecular weight excluding hydrogens is 304 g/mol. The van der Waals surface area contributed by atoms with E-state index in [-0.39, 0.29) is 30.0 Å². The van der Waals surface area contributed by atoms with Crippen LogP contribution >= 0.6 is 0 Å². The van der Waals surface area contributed by atoms with E-state index in [1.165, 1.54) is 6.92 Å². The standard InChI is InChI=1S/C19H22N2O3/c1-13(15-6-5-9-18(23)11-15)21(3)12-19(24)20-17-8-4-7-16(10-17)14(2)22/h4-11,13,23H,12H2,1-3H3,(H,20,24). The van der Waals surface area contributed by atoms with Crippen molar-refractivity contribution < 1.29 is 14.7 Å². The number of rotatable bonds is 6. The Kier molecular flexibility index (Phi) is 5.71. The third kappa shape index (κ3) is 4.67. The third-order valence-electron chi connectivity index (χ3n) is 3.96. The Labute approximate surface area is 141 Å². The SMILES string of the molecule is CC(=O)c1cccc(NC(=O)CN(C)C(C)c2cccc(O)c2)c1. The molecule has 1 unspecified atom stereocenters. The van der Waals surface area contributed by atoms with Crippen LogP contribution in [0.3, 0.4) is 0 Å². The molecule has 126 valence electrons. The topological polar surface area (TPSA) is 69.6 Å². The number of phenols is 1. The molecule has 2 N–H and O–H groups in total. The van der Waals surface area contributed by atoms with Gasteiger partial charge in [0.2, 0.25) is 5.91 Å². The van der Waals surface area contributed by atoms with Gasteiger partial charge in [0, 0.05) is 17.3 Å². The molecular formula is C19H22N2O3. The first-order valence-corrected chi connectivity index (χ1v) is 7.77. The largest absolute Gasteiger partial charge is 0.508 e. The van der Waals surface area contributed by atoms with Crippen LogP contribution in [-0.2, 0) is 4.79 Å². The van der Waals surface area contributed by atoms with E-state index in [0.717, 1.165) is 5.56 Å². The number of anilines is 1. The maximum Gasteiger partial charge on any atom is 0.238 e. The Balaban J connectivity index is 1.98. The molecule has 0 saturated carbocycles. The van der Waals surface area contributed by atoms with E-state index in [0.29, 0.717) is 11.3 Å². The summed E-state index contributed by atoms with van der Waals surface area (Å²) in [5.74, 6) is 0.00387. The zero-order chi connectivity index (χ0) is 17.7. The number of aromatic hydroxyl groups is 1. The van der Waals surface area contributed by atoms with Crippen LogP contribution in [0.4, 0.5) is 5.69 Å². The lowest BCUT2D eigenvalue weighted by Crippen LogP contribution is -2.32. The molecule has 5 heteroatoms. The van der Waals surface area contributed by atoms with Gasteiger partial charge in [-0.05, 0) is 50.7 Å². The molecule has 0 aliphatic rings. The minimum absolute atomic E-state index is 0.0218. The predicted molar refractivity (Wildman–Crippen MR) is 94.2 cm³/mol. The van der Waals surface area contributed by atoms with Gasteiger partial charge < -0.3 is 10.4 Å². The van der Waals surface area contributed by atoms with E-state index in [1.807, 2.05) is 24.9 Å². The Morgan fingerprint density at radius 3 is 2.54 bits per heavy atom. The highest BCUT2D eigenvalue weighted by Gasteiger charge is 2.15. The lowest BCUT2D eigenvalue weighted by molar-refractivity contribution is -0.117. The normalized spacial score (nSPS) is 12.0. The first-order chi connectivity index (χ1) is 11.4. The first kappa shape index (κ1) is 17.7. The van der Waals surface area contributed by atoms with Crippen LogP contribution in [0.15, 0.2) is 48.5 Å². The Bertz CT molecular complexity index is 743. The molecule has 1 atom stereocenters. The minimum atomic E-state index is -0.162. The second kappa shape index (κ2) is 7.75. The van der Waals surface area contributed by atoms with Gasteiger partial charge in [-0.15, -0.1) is 0 Å². The summed E-state index contributed by atoms with van der Waals surface area (Å²) in [6.45, 7) is 3.66. The highest BCUT2D eigenvalue weighted by Crippen LogP contribution is 2.22. The van der Waals surface area contributed by atoms with E-state index in [9.17, 15) is 14.7 Å². The molecule has 2 aromatic carbocycles. The third-order valence-corrected chi connectivity index (χ3v) is 3.96. The number of carbonyl (C=O) groups is 2. The van der Waals surface area contributed by atoms with Crippen molar-refractivity contribution in [3.05, 3.63) is 59.7 Å². The second-order valence-corrected chi connectivity index (χ2v) is 5.87. The summed E-state index contributed by atoms with van der Waals surface area (Å²) >= 11 is 0. The fourth-order valence-corrected chi connectivity index (χ4v) is 2.42. The van der Waals surface area contributed by atoms with Crippen molar-refractivity contribution in [2.24, 2.45) is 0 Å². The molecule has 1 amide bonds. The van der Waals surface area contributed by atoms with E-state index in [4.69, 9.17) is 0 Å². The van der Waals surface area contributed by atoms with Crippen LogP contribution in [0, 0.1) is 0 Å². The van der Waals surface area contributed by atoms with Crippen molar-refractivity contribution in [1.29, 1.82) is 0 Å². The van der Waals surface area contributed by atoms with Crippen molar-refractivity contribution >= 4 is 17.4 Å². The van der Waals surface area contributed by atoms with E-state index >= 15 is 0 Å². The fraction of sp³-hybridized carbons (Fsp3) is 0.263. The number of likely N-dealkylation sites (N-methyl/N-ethyl adjacent to an activating group) is 1.